The summed E-state index contributed by atoms with van der Waals surface area (Å²) in [7, 11) is 0. The predicted octanol–water partition coefficient (Wildman–Crippen LogP) is 1.35. The second-order valence-corrected chi connectivity index (χ2v) is 4.97. The number of carboxylic acids is 1. The van der Waals surface area contributed by atoms with E-state index in [0.717, 1.165) is 4.90 Å². The molecule has 23 heavy (non-hydrogen) atoms. The molecule has 7 heteroatoms. The molecule has 0 radical (unpaired) electrons. The molecule has 1 aromatic rings. The number of imide groups is 1. The zero-order valence-electron chi connectivity index (χ0n) is 12.9. The number of carbonyl (C=O) groups excluding carboxylic acids is 2. The Morgan fingerprint density at radius 2 is 1.74 bits per heavy atom. The van der Waals surface area contributed by atoms with Gasteiger partial charge in [-0.2, -0.15) is 0 Å². The Hall–Kier alpha value is -2.83. The molecule has 3 N–H and O–H groups in total. The predicted molar refractivity (Wildman–Crippen MR) is 81.5 cm³/mol. The van der Waals surface area contributed by atoms with Crippen LogP contribution in [0.4, 0.5) is 0 Å². The van der Waals surface area contributed by atoms with E-state index in [-0.39, 0.29) is 29.9 Å². The number of hydrogen-bond donors (Lipinski definition) is 2. The van der Waals surface area contributed by atoms with Gasteiger partial charge in [0, 0.05) is 0 Å². The molecule has 0 fully saturated rings. The molecular weight excluding hydrogens is 300 g/mol. The molecule has 1 aliphatic heterocycles. The van der Waals surface area contributed by atoms with Gasteiger partial charge in [-0.15, -0.1) is 0 Å². The molecule has 0 aliphatic carbocycles. The highest BCUT2D eigenvalue weighted by Gasteiger charge is 2.41. The SMILES string of the molecule is CCO/C(C(=O)O)=C(/N)C(CC)N1C(=O)c2ccccc2C1=O. The Morgan fingerprint density at radius 1 is 1.22 bits per heavy atom. The summed E-state index contributed by atoms with van der Waals surface area (Å²) in [5, 5.41) is 9.22. The van der Waals surface area contributed by atoms with Crippen LogP contribution in [0.3, 0.4) is 0 Å². The smallest absolute Gasteiger partial charge is 0.373 e. The van der Waals surface area contributed by atoms with Gasteiger partial charge in [0.15, 0.2) is 0 Å². The number of aliphatic carboxylic acids is 1. The van der Waals surface area contributed by atoms with Crippen LogP contribution in [0.1, 0.15) is 41.0 Å². The molecule has 2 amide bonds. The van der Waals surface area contributed by atoms with Crippen LogP contribution in [-0.2, 0) is 9.53 Å². The summed E-state index contributed by atoms with van der Waals surface area (Å²) in [4.78, 5) is 37.3. The molecule has 2 rings (SSSR count). The molecule has 1 aliphatic rings. The molecule has 0 aromatic heterocycles. The number of carboxylic acid groups (broad SMARTS) is 1. The van der Waals surface area contributed by atoms with Crippen LogP contribution in [0.2, 0.25) is 0 Å². The van der Waals surface area contributed by atoms with Crippen molar-refractivity contribution in [2.75, 3.05) is 6.61 Å². The van der Waals surface area contributed by atoms with Crippen molar-refractivity contribution >= 4 is 17.8 Å². The fraction of sp³-hybridized carbons (Fsp3) is 0.312. The summed E-state index contributed by atoms with van der Waals surface area (Å²) >= 11 is 0. The lowest BCUT2D eigenvalue weighted by Crippen LogP contribution is -2.43. The lowest BCUT2D eigenvalue weighted by Gasteiger charge is -2.26. The summed E-state index contributed by atoms with van der Waals surface area (Å²) in [6, 6.07) is 5.57. The Balaban J connectivity index is 2.47. The van der Waals surface area contributed by atoms with Crippen LogP contribution in [0, 0.1) is 0 Å². The topological polar surface area (TPSA) is 110 Å². The van der Waals surface area contributed by atoms with Gasteiger partial charge in [0.1, 0.15) is 0 Å². The average molecular weight is 318 g/mol. The summed E-state index contributed by atoms with van der Waals surface area (Å²) in [5.41, 5.74) is 6.36. The zero-order chi connectivity index (χ0) is 17.1. The number of carbonyl (C=O) groups is 3. The van der Waals surface area contributed by atoms with E-state index in [4.69, 9.17) is 10.5 Å². The molecule has 1 atom stereocenters. The minimum absolute atomic E-state index is 0.112. The summed E-state index contributed by atoms with van der Waals surface area (Å²) in [6.45, 7) is 3.45. The number of benzene rings is 1. The van der Waals surface area contributed by atoms with Gasteiger partial charge in [-0.05, 0) is 25.5 Å². The monoisotopic (exact) mass is 318 g/mol. The van der Waals surface area contributed by atoms with E-state index in [1.807, 2.05) is 0 Å². The van der Waals surface area contributed by atoms with Gasteiger partial charge in [-0.3, -0.25) is 14.5 Å². The van der Waals surface area contributed by atoms with Gasteiger partial charge in [0.25, 0.3) is 11.8 Å². The maximum absolute atomic E-state index is 12.5. The minimum Gasteiger partial charge on any atom is -0.486 e. The van der Waals surface area contributed by atoms with E-state index in [2.05, 4.69) is 0 Å². The second-order valence-electron chi connectivity index (χ2n) is 4.97. The first kappa shape index (κ1) is 16.5. The fourth-order valence-corrected chi connectivity index (χ4v) is 2.60. The number of nitrogens with two attached hydrogens (primary N) is 1. The van der Waals surface area contributed by atoms with E-state index in [1.54, 1.807) is 38.1 Å². The van der Waals surface area contributed by atoms with Crippen molar-refractivity contribution in [1.29, 1.82) is 0 Å². The third-order valence-electron chi connectivity index (χ3n) is 3.63. The highest BCUT2D eigenvalue weighted by atomic mass is 16.5. The van der Waals surface area contributed by atoms with Gasteiger partial charge in [0.05, 0.1) is 29.5 Å². The van der Waals surface area contributed by atoms with Crippen LogP contribution in [0.25, 0.3) is 0 Å². The van der Waals surface area contributed by atoms with Crippen molar-refractivity contribution in [3.05, 3.63) is 46.8 Å². The molecule has 0 saturated heterocycles. The largest absolute Gasteiger partial charge is 0.486 e. The number of hydrogen-bond acceptors (Lipinski definition) is 5. The van der Waals surface area contributed by atoms with E-state index in [1.165, 1.54) is 0 Å². The van der Waals surface area contributed by atoms with Crippen LogP contribution in [0.15, 0.2) is 35.7 Å². The number of nitrogens with zero attached hydrogens (tertiary/aromatic N) is 1. The van der Waals surface area contributed by atoms with Gasteiger partial charge < -0.3 is 15.6 Å². The lowest BCUT2D eigenvalue weighted by atomic mass is 10.1. The molecule has 0 bridgehead atoms. The van der Waals surface area contributed by atoms with Gasteiger partial charge in [0.2, 0.25) is 5.76 Å². The molecule has 7 nitrogen and oxygen atoms in total. The Bertz CT molecular complexity index is 660. The fourth-order valence-electron chi connectivity index (χ4n) is 2.60. The minimum atomic E-state index is -1.33. The van der Waals surface area contributed by atoms with Crippen molar-refractivity contribution in [3.8, 4) is 0 Å². The Kier molecular flexibility index (Phi) is 4.68. The first-order valence-corrected chi connectivity index (χ1v) is 7.26. The third-order valence-corrected chi connectivity index (χ3v) is 3.63. The summed E-state index contributed by atoms with van der Waals surface area (Å²) < 4.78 is 5.06. The van der Waals surface area contributed by atoms with Gasteiger partial charge >= 0.3 is 5.97 Å². The second kappa shape index (κ2) is 6.51. The summed E-state index contributed by atoms with van der Waals surface area (Å²) in [5.74, 6) is -2.74. The van der Waals surface area contributed by atoms with Gasteiger partial charge in [-0.25, -0.2) is 4.79 Å². The molecular formula is C16H18N2O5. The lowest BCUT2D eigenvalue weighted by molar-refractivity contribution is -0.136. The van der Waals surface area contributed by atoms with Crippen molar-refractivity contribution in [2.45, 2.75) is 26.3 Å². The van der Waals surface area contributed by atoms with E-state index >= 15 is 0 Å². The molecule has 1 unspecified atom stereocenters. The van der Waals surface area contributed by atoms with E-state index in [9.17, 15) is 19.5 Å². The van der Waals surface area contributed by atoms with Crippen molar-refractivity contribution in [1.82, 2.24) is 4.90 Å². The van der Waals surface area contributed by atoms with Crippen molar-refractivity contribution in [2.24, 2.45) is 5.73 Å². The first-order chi connectivity index (χ1) is 10.9. The van der Waals surface area contributed by atoms with Crippen LogP contribution in [-0.4, -0.2) is 40.4 Å². The zero-order valence-corrected chi connectivity index (χ0v) is 12.9. The molecule has 0 saturated carbocycles. The maximum Gasteiger partial charge on any atom is 0.373 e. The third kappa shape index (κ3) is 2.77. The van der Waals surface area contributed by atoms with Crippen molar-refractivity contribution < 1.29 is 24.2 Å². The molecule has 122 valence electrons. The van der Waals surface area contributed by atoms with Crippen LogP contribution < -0.4 is 5.73 Å². The molecule has 0 spiro atoms. The first-order valence-electron chi connectivity index (χ1n) is 7.26. The van der Waals surface area contributed by atoms with E-state index < -0.39 is 29.6 Å². The standard InChI is InChI=1S/C16H18N2O5/c1-3-11(12(17)13(16(21)22)23-4-2)18-14(19)9-7-5-6-8-10(9)15(18)20/h5-8,11H,3-4,17H2,1-2H3,(H,21,22)/b13-12+. The number of ether oxygens (including phenoxy) is 1. The highest BCUT2D eigenvalue weighted by Crippen LogP contribution is 2.28. The van der Waals surface area contributed by atoms with E-state index in [0.29, 0.717) is 0 Å². The maximum atomic E-state index is 12.5. The molecule has 1 aromatic carbocycles. The normalized spacial score (nSPS) is 16.0. The van der Waals surface area contributed by atoms with Crippen molar-refractivity contribution in [3.63, 3.8) is 0 Å². The number of rotatable bonds is 6. The quantitative estimate of drug-likeness (QED) is 0.465. The Morgan fingerprint density at radius 3 is 2.13 bits per heavy atom. The number of amides is 2. The Labute approximate surface area is 133 Å². The molecule has 1 heterocycles. The highest BCUT2D eigenvalue weighted by molar-refractivity contribution is 6.21. The summed E-state index contributed by atoms with van der Waals surface area (Å²) in [6.07, 6.45) is 0.279. The van der Waals surface area contributed by atoms with Crippen LogP contribution >= 0.6 is 0 Å². The van der Waals surface area contributed by atoms with Gasteiger partial charge in [-0.1, -0.05) is 19.1 Å². The average Bonchev–Trinajstić information content (AvgIpc) is 2.78. The van der Waals surface area contributed by atoms with Crippen LogP contribution in [0.5, 0.6) is 0 Å². The number of fused-ring (bicyclic) bond motifs is 1.